The summed E-state index contributed by atoms with van der Waals surface area (Å²) in [5.74, 6) is 1.40. The van der Waals surface area contributed by atoms with Crippen LogP contribution in [0, 0.1) is 0 Å². The van der Waals surface area contributed by atoms with Gasteiger partial charge in [0.05, 0.1) is 12.5 Å². The maximum Gasteiger partial charge on any atom is 0.161 e. The van der Waals surface area contributed by atoms with Crippen LogP contribution in [0.3, 0.4) is 0 Å². The van der Waals surface area contributed by atoms with Crippen molar-refractivity contribution in [2.24, 2.45) is 0 Å². The van der Waals surface area contributed by atoms with E-state index in [0.29, 0.717) is 19.0 Å². The van der Waals surface area contributed by atoms with Crippen molar-refractivity contribution in [3.8, 4) is 11.5 Å². The SMILES string of the molecule is O[C@@H](c1ccoc1)c1ccc2c(c1)OCCO2. The molecule has 3 rings (SSSR count). The lowest BCUT2D eigenvalue weighted by Crippen LogP contribution is -2.15. The average molecular weight is 232 g/mol. The van der Waals surface area contributed by atoms with E-state index in [-0.39, 0.29) is 0 Å². The fraction of sp³-hybridized carbons (Fsp3) is 0.231. The molecule has 1 aliphatic rings. The monoisotopic (exact) mass is 232 g/mol. The second kappa shape index (κ2) is 4.14. The third-order valence-electron chi connectivity index (χ3n) is 2.74. The van der Waals surface area contributed by atoms with E-state index in [2.05, 4.69) is 0 Å². The van der Waals surface area contributed by atoms with Crippen molar-refractivity contribution < 1.29 is 19.0 Å². The van der Waals surface area contributed by atoms with Crippen LogP contribution in [0.15, 0.2) is 41.2 Å². The minimum atomic E-state index is -0.704. The summed E-state index contributed by atoms with van der Waals surface area (Å²) in [6.07, 6.45) is 2.36. The lowest BCUT2D eigenvalue weighted by Gasteiger charge is -2.19. The fourth-order valence-corrected chi connectivity index (χ4v) is 1.85. The van der Waals surface area contributed by atoms with Crippen molar-refractivity contribution >= 4 is 0 Å². The van der Waals surface area contributed by atoms with E-state index < -0.39 is 6.10 Å². The highest BCUT2D eigenvalue weighted by Gasteiger charge is 2.17. The van der Waals surface area contributed by atoms with Gasteiger partial charge in [-0.2, -0.15) is 0 Å². The first-order valence-electron chi connectivity index (χ1n) is 5.44. The number of furan rings is 1. The summed E-state index contributed by atoms with van der Waals surface area (Å²) in [6, 6.07) is 7.17. The Hall–Kier alpha value is -1.94. The molecule has 0 spiro atoms. The molecule has 0 aliphatic carbocycles. The van der Waals surface area contributed by atoms with Gasteiger partial charge in [0.15, 0.2) is 11.5 Å². The maximum atomic E-state index is 10.1. The summed E-state index contributed by atoms with van der Waals surface area (Å²) in [5.41, 5.74) is 1.48. The van der Waals surface area contributed by atoms with Gasteiger partial charge in [-0.15, -0.1) is 0 Å². The largest absolute Gasteiger partial charge is 0.486 e. The van der Waals surface area contributed by atoms with Gasteiger partial charge in [0.25, 0.3) is 0 Å². The van der Waals surface area contributed by atoms with Crippen molar-refractivity contribution in [2.45, 2.75) is 6.10 Å². The van der Waals surface area contributed by atoms with E-state index >= 15 is 0 Å². The van der Waals surface area contributed by atoms with Crippen molar-refractivity contribution in [3.05, 3.63) is 47.9 Å². The molecule has 4 nitrogen and oxygen atoms in total. The highest BCUT2D eigenvalue weighted by atomic mass is 16.6. The fourth-order valence-electron chi connectivity index (χ4n) is 1.85. The summed E-state index contributed by atoms with van der Waals surface area (Å²) in [7, 11) is 0. The standard InChI is InChI=1S/C13H12O4/c14-13(10-3-4-15-8-10)9-1-2-11-12(7-9)17-6-5-16-11/h1-4,7-8,13-14H,5-6H2/t13-/m1/s1. The van der Waals surface area contributed by atoms with E-state index in [1.165, 1.54) is 12.5 Å². The van der Waals surface area contributed by atoms with E-state index in [1.54, 1.807) is 12.1 Å². The molecule has 4 heteroatoms. The Balaban J connectivity index is 1.93. The van der Waals surface area contributed by atoms with Gasteiger partial charge in [-0.05, 0) is 23.8 Å². The molecule has 0 radical (unpaired) electrons. The Morgan fingerprint density at radius 2 is 1.82 bits per heavy atom. The van der Waals surface area contributed by atoms with E-state index in [4.69, 9.17) is 13.9 Å². The second-order valence-corrected chi connectivity index (χ2v) is 3.86. The number of aliphatic hydroxyl groups is 1. The van der Waals surface area contributed by atoms with Crippen LogP contribution in [0.2, 0.25) is 0 Å². The van der Waals surface area contributed by atoms with Crippen LogP contribution >= 0.6 is 0 Å². The minimum absolute atomic E-state index is 0.540. The van der Waals surface area contributed by atoms with Gasteiger partial charge in [-0.3, -0.25) is 0 Å². The lowest BCUT2D eigenvalue weighted by molar-refractivity contribution is 0.169. The number of ether oxygens (including phenoxy) is 2. The number of hydrogen-bond donors (Lipinski definition) is 1. The number of rotatable bonds is 2. The van der Waals surface area contributed by atoms with Crippen LogP contribution < -0.4 is 9.47 Å². The molecule has 2 aromatic rings. The Morgan fingerprint density at radius 3 is 2.59 bits per heavy atom. The van der Waals surface area contributed by atoms with Crippen molar-refractivity contribution in [3.63, 3.8) is 0 Å². The Bertz CT molecular complexity index is 504. The molecule has 0 unspecified atom stereocenters. The minimum Gasteiger partial charge on any atom is -0.486 e. The summed E-state index contributed by atoms with van der Waals surface area (Å²) in [4.78, 5) is 0. The van der Waals surface area contributed by atoms with Crippen LogP contribution in [0.5, 0.6) is 11.5 Å². The number of aliphatic hydroxyl groups excluding tert-OH is 1. The lowest BCUT2D eigenvalue weighted by atomic mass is 10.0. The Labute approximate surface area is 98.4 Å². The quantitative estimate of drug-likeness (QED) is 0.861. The molecule has 1 N–H and O–H groups in total. The molecule has 1 aromatic carbocycles. The molecule has 1 atom stereocenters. The molecule has 0 amide bonds. The summed E-state index contributed by atoms with van der Waals surface area (Å²) in [5, 5.41) is 10.1. The van der Waals surface area contributed by atoms with E-state index in [0.717, 1.165) is 16.9 Å². The first-order valence-corrected chi connectivity index (χ1v) is 5.44. The average Bonchev–Trinajstić information content (AvgIpc) is 2.91. The summed E-state index contributed by atoms with van der Waals surface area (Å²) in [6.45, 7) is 1.11. The van der Waals surface area contributed by atoms with Gasteiger partial charge >= 0.3 is 0 Å². The Kier molecular flexibility index (Phi) is 2.49. The molecule has 88 valence electrons. The summed E-state index contributed by atoms with van der Waals surface area (Å²) >= 11 is 0. The third kappa shape index (κ3) is 1.87. The highest BCUT2D eigenvalue weighted by Crippen LogP contribution is 2.34. The van der Waals surface area contributed by atoms with Crippen LogP contribution in [0.1, 0.15) is 17.2 Å². The van der Waals surface area contributed by atoms with E-state index in [1.807, 2.05) is 12.1 Å². The van der Waals surface area contributed by atoms with Crippen molar-refractivity contribution in [1.29, 1.82) is 0 Å². The molecule has 0 saturated carbocycles. The third-order valence-corrected chi connectivity index (χ3v) is 2.74. The zero-order chi connectivity index (χ0) is 11.7. The zero-order valence-corrected chi connectivity index (χ0v) is 9.13. The number of fused-ring (bicyclic) bond motifs is 1. The summed E-state index contributed by atoms with van der Waals surface area (Å²) < 4.78 is 15.8. The number of benzene rings is 1. The molecule has 1 aliphatic heterocycles. The van der Waals surface area contributed by atoms with Gasteiger partial charge in [-0.1, -0.05) is 6.07 Å². The molecular weight excluding hydrogens is 220 g/mol. The molecule has 0 fully saturated rings. The maximum absolute atomic E-state index is 10.1. The molecule has 2 heterocycles. The van der Waals surface area contributed by atoms with Crippen molar-refractivity contribution in [2.75, 3.05) is 13.2 Å². The molecule has 1 aromatic heterocycles. The van der Waals surface area contributed by atoms with Gasteiger partial charge in [0.1, 0.15) is 19.3 Å². The zero-order valence-electron chi connectivity index (χ0n) is 9.13. The highest BCUT2D eigenvalue weighted by molar-refractivity contribution is 5.45. The van der Waals surface area contributed by atoms with Crippen LogP contribution in [0.4, 0.5) is 0 Å². The first-order chi connectivity index (χ1) is 8.34. The van der Waals surface area contributed by atoms with Gasteiger partial charge in [-0.25, -0.2) is 0 Å². The van der Waals surface area contributed by atoms with Gasteiger partial charge in [0.2, 0.25) is 0 Å². The predicted molar refractivity (Wildman–Crippen MR) is 60.2 cm³/mol. The molecule has 0 saturated heterocycles. The van der Waals surface area contributed by atoms with Gasteiger partial charge < -0.3 is 19.0 Å². The van der Waals surface area contributed by atoms with Crippen LogP contribution in [-0.2, 0) is 0 Å². The van der Waals surface area contributed by atoms with Crippen LogP contribution in [-0.4, -0.2) is 18.3 Å². The topological polar surface area (TPSA) is 51.8 Å². The smallest absolute Gasteiger partial charge is 0.161 e. The van der Waals surface area contributed by atoms with Gasteiger partial charge in [0, 0.05) is 5.56 Å². The first kappa shape index (κ1) is 10.2. The second-order valence-electron chi connectivity index (χ2n) is 3.86. The Morgan fingerprint density at radius 1 is 1.00 bits per heavy atom. The predicted octanol–water partition coefficient (Wildman–Crippen LogP) is 2.13. The molecular formula is C13H12O4. The number of hydrogen-bond acceptors (Lipinski definition) is 4. The van der Waals surface area contributed by atoms with Crippen LogP contribution in [0.25, 0.3) is 0 Å². The molecule has 0 bridgehead atoms. The molecule has 17 heavy (non-hydrogen) atoms. The normalized spacial score (nSPS) is 15.6. The van der Waals surface area contributed by atoms with Crippen molar-refractivity contribution in [1.82, 2.24) is 0 Å². The van der Waals surface area contributed by atoms with E-state index in [9.17, 15) is 5.11 Å².